The Morgan fingerprint density at radius 3 is 2.86 bits per heavy atom. The van der Waals surface area contributed by atoms with Crippen LogP contribution in [0, 0.1) is 5.41 Å². The first kappa shape index (κ1) is 6.43. The maximum absolute atomic E-state index is 8.14. The first-order valence-corrected chi connectivity index (χ1v) is 2.13. The minimum Gasteiger partial charge on any atom is -0.484 e. The number of hydrogen-bond donors (Lipinski definition) is 2. The van der Waals surface area contributed by atoms with Crippen LogP contribution in [0.4, 0.5) is 0 Å². The zero-order valence-electron chi connectivity index (χ0n) is 4.05. The van der Waals surface area contributed by atoms with Gasteiger partial charge >= 0.3 is 0 Å². The van der Waals surface area contributed by atoms with Crippen molar-refractivity contribution in [1.29, 1.82) is 5.41 Å². The van der Waals surface area contributed by atoms with Gasteiger partial charge in [0.1, 0.15) is 0 Å². The zero-order chi connectivity index (χ0) is 5.54. The summed E-state index contributed by atoms with van der Waals surface area (Å²) >= 11 is 0. The maximum Gasteiger partial charge on any atom is 0.166 e. The minimum absolute atomic E-state index is 0.133. The molecule has 0 heterocycles. The molecule has 0 saturated carbocycles. The Morgan fingerprint density at radius 2 is 2.43 bits per heavy atom. The van der Waals surface area contributed by atoms with Crippen molar-refractivity contribution in [2.24, 2.45) is 0 Å². The second-order valence-corrected chi connectivity index (χ2v) is 1.07. The lowest BCUT2D eigenvalue weighted by Crippen LogP contribution is -1.93. The molecular formula is C4H9NO2. The molecule has 0 spiro atoms. The standard InChI is InChI=1S/C4H9NO2/c5-4-7-3-1-2-6/h4-6H,1-3H2. The van der Waals surface area contributed by atoms with E-state index in [1.54, 1.807) is 0 Å². The SMILES string of the molecule is N=COCCCO. The fourth-order valence-corrected chi connectivity index (χ4v) is 0.207. The highest BCUT2D eigenvalue weighted by Gasteiger charge is 1.78. The van der Waals surface area contributed by atoms with Crippen LogP contribution < -0.4 is 0 Å². The van der Waals surface area contributed by atoms with Crippen LogP contribution >= 0.6 is 0 Å². The topological polar surface area (TPSA) is 53.3 Å². The highest BCUT2D eigenvalue weighted by Crippen LogP contribution is 1.74. The van der Waals surface area contributed by atoms with E-state index < -0.39 is 0 Å². The largest absolute Gasteiger partial charge is 0.484 e. The van der Waals surface area contributed by atoms with Crippen LogP contribution in [-0.2, 0) is 4.74 Å². The number of aliphatic hydroxyl groups excluding tert-OH is 1. The van der Waals surface area contributed by atoms with E-state index in [-0.39, 0.29) is 6.61 Å². The molecule has 0 aromatic heterocycles. The number of nitrogens with one attached hydrogen (secondary N) is 1. The molecule has 7 heavy (non-hydrogen) atoms. The molecule has 0 aromatic carbocycles. The van der Waals surface area contributed by atoms with Gasteiger partial charge in [0, 0.05) is 13.0 Å². The average molecular weight is 103 g/mol. The lowest BCUT2D eigenvalue weighted by molar-refractivity contribution is 0.232. The van der Waals surface area contributed by atoms with Gasteiger partial charge in [-0.1, -0.05) is 0 Å². The Bertz CT molecular complexity index is 47.0. The predicted octanol–water partition coefficient (Wildman–Crippen LogP) is -0.00753. The van der Waals surface area contributed by atoms with Crippen molar-refractivity contribution in [1.82, 2.24) is 0 Å². The van der Waals surface area contributed by atoms with Crippen LogP contribution in [0.1, 0.15) is 6.42 Å². The monoisotopic (exact) mass is 103 g/mol. The van der Waals surface area contributed by atoms with Crippen molar-refractivity contribution >= 4 is 6.40 Å². The van der Waals surface area contributed by atoms with Crippen LogP contribution in [0.3, 0.4) is 0 Å². The smallest absolute Gasteiger partial charge is 0.166 e. The van der Waals surface area contributed by atoms with Crippen LogP contribution in [0.5, 0.6) is 0 Å². The Kier molecular flexibility index (Phi) is 4.99. The highest BCUT2D eigenvalue weighted by atomic mass is 16.5. The van der Waals surface area contributed by atoms with Gasteiger partial charge in [0.2, 0.25) is 0 Å². The van der Waals surface area contributed by atoms with E-state index in [1.165, 1.54) is 0 Å². The molecule has 2 N–H and O–H groups in total. The zero-order valence-corrected chi connectivity index (χ0v) is 4.05. The number of aliphatic hydroxyl groups is 1. The molecule has 0 aliphatic carbocycles. The van der Waals surface area contributed by atoms with E-state index in [1.807, 2.05) is 0 Å². The second kappa shape index (κ2) is 5.43. The fraction of sp³-hybridized carbons (Fsp3) is 0.750. The van der Waals surface area contributed by atoms with Crippen LogP contribution in [0.2, 0.25) is 0 Å². The van der Waals surface area contributed by atoms with Crippen LogP contribution in [-0.4, -0.2) is 24.7 Å². The molecule has 3 nitrogen and oxygen atoms in total. The van der Waals surface area contributed by atoms with Gasteiger partial charge in [0.25, 0.3) is 0 Å². The van der Waals surface area contributed by atoms with E-state index >= 15 is 0 Å². The maximum atomic E-state index is 8.14. The summed E-state index contributed by atoms with van der Waals surface area (Å²) in [5.41, 5.74) is 0. The molecule has 0 saturated heterocycles. The van der Waals surface area contributed by atoms with Gasteiger partial charge in [0.05, 0.1) is 6.61 Å². The molecule has 0 aliphatic rings. The molecule has 0 fully saturated rings. The fourth-order valence-electron chi connectivity index (χ4n) is 0.207. The Balaban J connectivity index is 2.56. The Labute approximate surface area is 42.4 Å². The summed E-state index contributed by atoms with van der Waals surface area (Å²) < 4.78 is 4.46. The molecule has 0 rings (SSSR count). The molecule has 0 unspecified atom stereocenters. The van der Waals surface area contributed by atoms with Gasteiger partial charge in [-0.05, 0) is 0 Å². The van der Waals surface area contributed by atoms with Gasteiger partial charge in [-0.2, -0.15) is 0 Å². The lowest BCUT2D eigenvalue weighted by atomic mass is 10.5. The number of rotatable bonds is 4. The van der Waals surface area contributed by atoms with Crippen molar-refractivity contribution in [3.05, 3.63) is 0 Å². The van der Waals surface area contributed by atoms with Crippen molar-refractivity contribution in [2.45, 2.75) is 6.42 Å². The number of hydrogen-bond acceptors (Lipinski definition) is 3. The summed E-state index contributed by atoms with van der Waals surface area (Å²) in [6.45, 7) is 0.577. The third-order valence-electron chi connectivity index (χ3n) is 0.504. The van der Waals surface area contributed by atoms with Crippen molar-refractivity contribution in [2.75, 3.05) is 13.2 Å². The highest BCUT2D eigenvalue weighted by molar-refractivity contribution is 5.40. The van der Waals surface area contributed by atoms with Gasteiger partial charge < -0.3 is 9.84 Å². The normalized spacial score (nSPS) is 8.14. The molecule has 0 radical (unpaired) electrons. The average Bonchev–Trinajstić information content (AvgIpc) is 1.69. The quantitative estimate of drug-likeness (QED) is 0.299. The van der Waals surface area contributed by atoms with Crippen molar-refractivity contribution in [3.63, 3.8) is 0 Å². The molecule has 0 aliphatic heterocycles. The molecule has 42 valence electrons. The summed E-state index contributed by atoms with van der Waals surface area (Å²) in [7, 11) is 0. The summed E-state index contributed by atoms with van der Waals surface area (Å²) in [5, 5.41) is 14.5. The van der Waals surface area contributed by atoms with Gasteiger partial charge in [-0.25, -0.2) is 0 Å². The van der Waals surface area contributed by atoms with Crippen LogP contribution in [0.25, 0.3) is 0 Å². The van der Waals surface area contributed by atoms with E-state index in [4.69, 9.17) is 10.5 Å². The molecule has 0 aromatic rings. The molecular weight excluding hydrogens is 94.0 g/mol. The molecule has 3 heteroatoms. The van der Waals surface area contributed by atoms with E-state index in [2.05, 4.69) is 4.74 Å². The first-order valence-electron chi connectivity index (χ1n) is 2.13. The Morgan fingerprint density at radius 1 is 1.71 bits per heavy atom. The van der Waals surface area contributed by atoms with Gasteiger partial charge in [0.15, 0.2) is 6.40 Å². The predicted molar refractivity (Wildman–Crippen MR) is 26.4 cm³/mol. The van der Waals surface area contributed by atoms with Gasteiger partial charge in [-0.3, -0.25) is 5.41 Å². The van der Waals surface area contributed by atoms with Crippen LogP contribution in [0.15, 0.2) is 0 Å². The molecule has 0 amide bonds. The van der Waals surface area contributed by atoms with Crippen molar-refractivity contribution < 1.29 is 9.84 Å². The lowest BCUT2D eigenvalue weighted by Gasteiger charge is -1.92. The Hall–Kier alpha value is -0.570. The van der Waals surface area contributed by atoms with Crippen molar-refractivity contribution in [3.8, 4) is 0 Å². The third-order valence-corrected chi connectivity index (χ3v) is 0.504. The molecule has 0 bridgehead atoms. The second-order valence-electron chi connectivity index (χ2n) is 1.07. The van der Waals surface area contributed by atoms with Gasteiger partial charge in [-0.15, -0.1) is 0 Å². The minimum atomic E-state index is 0.133. The summed E-state index contributed by atoms with van der Waals surface area (Å²) in [5.74, 6) is 0. The third kappa shape index (κ3) is 5.43. The number of ether oxygens (including phenoxy) is 1. The summed E-state index contributed by atoms with van der Waals surface area (Å²) in [6, 6.07) is 0. The summed E-state index contributed by atoms with van der Waals surface area (Å²) in [6.07, 6.45) is 1.48. The van der Waals surface area contributed by atoms with E-state index in [0.717, 1.165) is 6.40 Å². The first-order chi connectivity index (χ1) is 3.41. The summed E-state index contributed by atoms with van der Waals surface area (Å²) in [4.78, 5) is 0. The van der Waals surface area contributed by atoms with E-state index in [9.17, 15) is 0 Å². The van der Waals surface area contributed by atoms with E-state index in [0.29, 0.717) is 13.0 Å². The molecule has 0 atom stereocenters.